The first-order chi connectivity index (χ1) is 11.4. The fraction of sp³-hybridized carbons (Fsp3) is 0.267. The third-order valence-corrected chi connectivity index (χ3v) is 5.25. The van der Waals surface area contributed by atoms with E-state index in [1.807, 2.05) is 31.2 Å². The predicted molar refractivity (Wildman–Crippen MR) is 86.6 cm³/mol. The van der Waals surface area contributed by atoms with Crippen molar-refractivity contribution in [2.45, 2.75) is 32.2 Å². The molecule has 0 aliphatic rings. The number of rotatable bonds is 5. The fourth-order valence-corrected chi connectivity index (χ4v) is 3.75. The zero-order valence-corrected chi connectivity index (χ0v) is 14.3. The fourth-order valence-electron chi connectivity index (χ4n) is 2.41. The normalized spacial score (nSPS) is 11.8. The lowest BCUT2D eigenvalue weighted by Crippen LogP contribution is -2.24. The van der Waals surface area contributed by atoms with Gasteiger partial charge in [-0.25, -0.2) is 13.1 Å². The summed E-state index contributed by atoms with van der Waals surface area (Å²) in [6.45, 7) is 5.12. The lowest BCUT2D eigenvalue weighted by Gasteiger charge is -2.04. The van der Waals surface area contributed by atoms with Crippen molar-refractivity contribution in [3.8, 4) is 11.5 Å². The monoisotopic (exact) mass is 347 g/mol. The van der Waals surface area contributed by atoms with Gasteiger partial charge in [-0.05, 0) is 32.4 Å². The van der Waals surface area contributed by atoms with Crippen molar-refractivity contribution in [2.75, 3.05) is 0 Å². The van der Waals surface area contributed by atoms with E-state index >= 15 is 0 Å². The average Bonchev–Trinajstić information content (AvgIpc) is 3.13. The van der Waals surface area contributed by atoms with Crippen LogP contribution in [0.5, 0.6) is 0 Å². The van der Waals surface area contributed by atoms with Crippen LogP contribution in [0.4, 0.5) is 0 Å². The van der Waals surface area contributed by atoms with Gasteiger partial charge in [0.15, 0.2) is 0 Å². The Labute approximate surface area is 139 Å². The summed E-state index contributed by atoms with van der Waals surface area (Å²) in [5.41, 5.74) is 2.70. The van der Waals surface area contributed by atoms with Crippen LogP contribution in [0.15, 0.2) is 33.6 Å². The van der Waals surface area contributed by atoms with Gasteiger partial charge in [0, 0.05) is 5.56 Å². The predicted octanol–water partition coefficient (Wildman–Crippen LogP) is 1.86. The minimum atomic E-state index is -3.71. The lowest BCUT2D eigenvalue weighted by molar-refractivity contribution is 0.494. The van der Waals surface area contributed by atoms with Crippen molar-refractivity contribution in [3.05, 3.63) is 47.1 Å². The van der Waals surface area contributed by atoms with Crippen LogP contribution < -0.4 is 4.72 Å². The van der Waals surface area contributed by atoms with Crippen molar-refractivity contribution in [3.63, 3.8) is 0 Å². The van der Waals surface area contributed by atoms with E-state index in [1.54, 1.807) is 13.8 Å². The van der Waals surface area contributed by atoms with E-state index in [1.165, 1.54) is 0 Å². The van der Waals surface area contributed by atoms with Crippen LogP contribution in [0.2, 0.25) is 0 Å². The first kappa shape index (κ1) is 16.3. The van der Waals surface area contributed by atoms with Crippen LogP contribution in [0.25, 0.3) is 11.5 Å². The van der Waals surface area contributed by atoms with E-state index in [9.17, 15) is 8.42 Å². The largest absolute Gasteiger partial charge is 0.419 e. The van der Waals surface area contributed by atoms with Gasteiger partial charge < -0.3 is 4.42 Å². The smallest absolute Gasteiger partial charge is 0.248 e. The van der Waals surface area contributed by atoms with Crippen molar-refractivity contribution >= 4 is 10.0 Å². The van der Waals surface area contributed by atoms with Gasteiger partial charge in [-0.15, -0.1) is 10.2 Å². The quantitative estimate of drug-likeness (QED) is 0.728. The summed E-state index contributed by atoms with van der Waals surface area (Å²) in [5, 5.41) is 14.4. The van der Waals surface area contributed by atoms with Crippen LogP contribution in [0.3, 0.4) is 0 Å². The van der Waals surface area contributed by atoms with Gasteiger partial charge in [0.25, 0.3) is 0 Å². The molecule has 0 saturated carbocycles. The number of sulfonamides is 1. The zero-order valence-electron chi connectivity index (χ0n) is 13.5. The van der Waals surface area contributed by atoms with Gasteiger partial charge in [0.1, 0.15) is 4.90 Å². The molecule has 2 aromatic heterocycles. The highest BCUT2D eigenvalue weighted by Gasteiger charge is 2.23. The summed E-state index contributed by atoms with van der Waals surface area (Å²) in [4.78, 5) is 0.140. The van der Waals surface area contributed by atoms with Gasteiger partial charge in [-0.3, -0.25) is 5.10 Å². The van der Waals surface area contributed by atoms with E-state index in [-0.39, 0.29) is 17.3 Å². The summed E-state index contributed by atoms with van der Waals surface area (Å²) < 4.78 is 32.8. The van der Waals surface area contributed by atoms with Gasteiger partial charge in [0.2, 0.25) is 21.8 Å². The number of hydrogen-bond donors (Lipinski definition) is 2. The van der Waals surface area contributed by atoms with Gasteiger partial charge >= 0.3 is 0 Å². The number of aryl methyl sites for hydroxylation is 3. The minimum absolute atomic E-state index is 0.0920. The molecule has 2 heterocycles. The van der Waals surface area contributed by atoms with Gasteiger partial charge in [-0.2, -0.15) is 5.10 Å². The molecule has 9 heteroatoms. The number of hydrogen-bond acceptors (Lipinski definition) is 6. The SMILES string of the molecule is Cc1ccccc1-c1nnc(CNS(=O)(=O)c2c(C)n[nH]c2C)o1. The second-order valence-electron chi connectivity index (χ2n) is 5.40. The molecule has 0 saturated heterocycles. The van der Waals surface area contributed by atoms with Crippen LogP contribution in [-0.2, 0) is 16.6 Å². The van der Waals surface area contributed by atoms with E-state index in [2.05, 4.69) is 25.1 Å². The highest BCUT2D eigenvalue weighted by Crippen LogP contribution is 2.22. The van der Waals surface area contributed by atoms with Crippen LogP contribution in [0, 0.1) is 20.8 Å². The Morgan fingerprint density at radius 3 is 2.58 bits per heavy atom. The summed E-state index contributed by atoms with van der Waals surface area (Å²) in [6, 6.07) is 7.60. The van der Waals surface area contributed by atoms with Crippen LogP contribution in [0.1, 0.15) is 22.8 Å². The van der Waals surface area contributed by atoms with Crippen molar-refractivity contribution in [1.82, 2.24) is 25.1 Å². The van der Waals surface area contributed by atoms with E-state index < -0.39 is 10.0 Å². The Balaban J connectivity index is 1.78. The number of nitrogens with one attached hydrogen (secondary N) is 2. The first-order valence-corrected chi connectivity index (χ1v) is 8.76. The van der Waals surface area contributed by atoms with Crippen molar-refractivity contribution in [1.29, 1.82) is 0 Å². The van der Waals surface area contributed by atoms with Crippen LogP contribution >= 0.6 is 0 Å². The molecule has 0 fully saturated rings. The zero-order chi connectivity index (χ0) is 17.3. The van der Waals surface area contributed by atoms with Crippen molar-refractivity contribution in [2.24, 2.45) is 0 Å². The Morgan fingerprint density at radius 2 is 1.92 bits per heavy atom. The molecule has 0 aliphatic heterocycles. The molecule has 0 spiro atoms. The molecule has 24 heavy (non-hydrogen) atoms. The third-order valence-electron chi connectivity index (χ3n) is 3.58. The Morgan fingerprint density at radius 1 is 1.17 bits per heavy atom. The molecule has 3 rings (SSSR count). The Bertz CT molecular complexity index is 955. The molecule has 0 atom stereocenters. The summed E-state index contributed by atoms with van der Waals surface area (Å²) in [5.74, 6) is 0.550. The summed E-state index contributed by atoms with van der Waals surface area (Å²) in [7, 11) is -3.71. The average molecular weight is 347 g/mol. The molecule has 0 unspecified atom stereocenters. The molecule has 2 N–H and O–H groups in total. The maximum atomic E-state index is 12.4. The van der Waals surface area contributed by atoms with E-state index in [0.29, 0.717) is 17.3 Å². The molecule has 0 bridgehead atoms. The molecule has 8 nitrogen and oxygen atoms in total. The Hall–Kier alpha value is -2.52. The minimum Gasteiger partial charge on any atom is -0.419 e. The second-order valence-corrected chi connectivity index (χ2v) is 7.11. The highest BCUT2D eigenvalue weighted by molar-refractivity contribution is 7.89. The molecule has 0 aliphatic carbocycles. The molecule has 1 aromatic carbocycles. The number of aromatic amines is 1. The summed E-state index contributed by atoms with van der Waals surface area (Å²) >= 11 is 0. The number of benzene rings is 1. The number of nitrogens with zero attached hydrogens (tertiary/aromatic N) is 3. The topological polar surface area (TPSA) is 114 Å². The highest BCUT2D eigenvalue weighted by atomic mass is 32.2. The molecule has 126 valence electrons. The third kappa shape index (κ3) is 3.08. The molecular formula is C15H17N5O3S. The summed E-state index contributed by atoms with van der Waals surface area (Å²) in [6.07, 6.45) is 0. The maximum absolute atomic E-state index is 12.4. The Kier molecular flexibility index (Phi) is 4.20. The van der Waals surface area contributed by atoms with Crippen LogP contribution in [-0.4, -0.2) is 28.8 Å². The lowest BCUT2D eigenvalue weighted by atomic mass is 10.1. The molecule has 0 radical (unpaired) electrons. The van der Waals surface area contributed by atoms with Gasteiger partial charge in [0.05, 0.1) is 17.9 Å². The standard InChI is InChI=1S/C15H17N5O3S/c1-9-6-4-5-7-12(9)15-20-19-13(23-15)8-16-24(21,22)14-10(2)17-18-11(14)3/h4-7,16H,8H2,1-3H3,(H,17,18). The first-order valence-electron chi connectivity index (χ1n) is 7.28. The molecule has 0 amide bonds. The van der Waals surface area contributed by atoms with Gasteiger partial charge in [-0.1, -0.05) is 18.2 Å². The van der Waals surface area contributed by atoms with Crippen molar-refractivity contribution < 1.29 is 12.8 Å². The van der Waals surface area contributed by atoms with E-state index in [4.69, 9.17) is 4.42 Å². The molecule has 3 aromatic rings. The number of H-pyrrole nitrogens is 1. The maximum Gasteiger partial charge on any atom is 0.248 e. The van der Waals surface area contributed by atoms with E-state index in [0.717, 1.165) is 11.1 Å². The number of aromatic nitrogens is 4. The second kappa shape index (κ2) is 6.17. The molecular weight excluding hydrogens is 330 g/mol.